The van der Waals surface area contributed by atoms with Gasteiger partial charge in [-0.3, -0.25) is 4.57 Å². The Kier molecular flexibility index (Phi) is 6.41. The molecule has 0 bridgehead atoms. The molecule has 0 fully saturated rings. The monoisotopic (exact) mass is 383 g/mol. The highest BCUT2D eigenvalue weighted by Crippen LogP contribution is 2.32. The number of para-hydroxylation sites is 1. The summed E-state index contributed by atoms with van der Waals surface area (Å²) in [5.41, 5.74) is 2.19. The van der Waals surface area contributed by atoms with E-state index in [1.54, 1.807) is 30.6 Å². The fraction of sp³-hybridized carbons (Fsp3) is 0.200. The molecule has 0 aliphatic heterocycles. The topological polar surface area (TPSA) is 39.9 Å². The van der Waals surface area contributed by atoms with E-state index in [0.717, 1.165) is 28.0 Å². The summed E-state index contributed by atoms with van der Waals surface area (Å²) in [6.45, 7) is 4.52. The SMILES string of the molecule is C=CCn1c(SCc2ccc(SC)cc2)nnc1-c1ccccc1OC. The van der Waals surface area contributed by atoms with Gasteiger partial charge in [-0.1, -0.05) is 42.1 Å². The van der Waals surface area contributed by atoms with Crippen LogP contribution in [0.25, 0.3) is 11.4 Å². The van der Waals surface area contributed by atoms with Crippen LogP contribution in [0.15, 0.2) is 71.2 Å². The molecule has 0 saturated heterocycles. The minimum absolute atomic E-state index is 0.647. The van der Waals surface area contributed by atoms with Crippen LogP contribution in [-0.4, -0.2) is 28.1 Å². The lowest BCUT2D eigenvalue weighted by atomic mass is 10.2. The van der Waals surface area contributed by atoms with Crippen LogP contribution in [0.5, 0.6) is 5.75 Å². The smallest absolute Gasteiger partial charge is 0.192 e. The summed E-state index contributed by atoms with van der Waals surface area (Å²) in [5, 5.41) is 9.69. The summed E-state index contributed by atoms with van der Waals surface area (Å²) in [6.07, 6.45) is 3.94. The summed E-state index contributed by atoms with van der Waals surface area (Å²) in [4.78, 5) is 1.27. The highest BCUT2D eigenvalue weighted by Gasteiger charge is 2.16. The van der Waals surface area contributed by atoms with Crippen LogP contribution < -0.4 is 4.74 Å². The lowest BCUT2D eigenvalue weighted by Crippen LogP contribution is -2.01. The van der Waals surface area contributed by atoms with E-state index in [-0.39, 0.29) is 0 Å². The van der Waals surface area contributed by atoms with Gasteiger partial charge in [0.05, 0.1) is 12.7 Å². The van der Waals surface area contributed by atoms with Gasteiger partial charge in [-0.15, -0.1) is 28.5 Å². The zero-order chi connectivity index (χ0) is 18.4. The van der Waals surface area contributed by atoms with E-state index < -0.39 is 0 Å². The third-order valence-corrected chi connectivity index (χ3v) is 5.68. The minimum Gasteiger partial charge on any atom is -0.496 e. The summed E-state index contributed by atoms with van der Waals surface area (Å²) >= 11 is 3.43. The Hall–Kier alpha value is -2.18. The molecule has 0 aliphatic carbocycles. The Morgan fingerprint density at radius 1 is 1.12 bits per heavy atom. The molecule has 26 heavy (non-hydrogen) atoms. The number of aromatic nitrogens is 3. The molecule has 0 spiro atoms. The maximum Gasteiger partial charge on any atom is 0.192 e. The number of nitrogens with zero attached hydrogens (tertiary/aromatic N) is 3. The van der Waals surface area contributed by atoms with Gasteiger partial charge < -0.3 is 4.74 Å². The fourth-order valence-corrected chi connectivity index (χ4v) is 3.90. The van der Waals surface area contributed by atoms with Gasteiger partial charge in [0.25, 0.3) is 0 Å². The first-order chi connectivity index (χ1) is 12.8. The molecule has 0 radical (unpaired) electrons. The predicted molar refractivity (Wildman–Crippen MR) is 110 cm³/mol. The Morgan fingerprint density at radius 2 is 1.88 bits per heavy atom. The second-order valence-corrected chi connectivity index (χ2v) is 7.36. The summed E-state index contributed by atoms with van der Waals surface area (Å²) in [6, 6.07) is 16.5. The number of thioether (sulfide) groups is 2. The standard InChI is InChI=1S/C20H21N3OS2/c1-4-13-23-19(17-7-5-6-8-18(17)24-2)21-22-20(23)26-14-15-9-11-16(25-3)12-10-15/h4-12H,1,13-14H2,2-3H3. The van der Waals surface area contributed by atoms with Crippen molar-refractivity contribution in [2.45, 2.75) is 22.3 Å². The van der Waals surface area contributed by atoms with Crippen molar-refractivity contribution in [2.75, 3.05) is 13.4 Å². The van der Waals surface area contributed by atoms with Crippen LogP contribution in [0.3, 0.4) is 0 Å². The second-order valence-electron chi connectivity index (χ2n) is 5.54. The molecule has 0 amide bonds. The van der Waals surface area contributed by atoms with Crippen molar-refractivity contribution >= 4 is 23.5 Å². The maximum atomic E-state index is 5.48. The molecular formula is C20H21N3OS2. The van der Waals surface area contributed by atoms with Gasteiger partial charge in [0.15, 0.2) is 11.0 Å². The second kappa shape index (κ2) is 8.96. The number of methoxy groups -OCH3 is 1. The zero-order valence-electron chi connectivity index (χ0n) is 14.9. The van der Waals surface area contributed by atoms with Crippen molar-refractivity contribution in [3.8, 4) is 17.1 Å². The van der Waals surface area contributed by atoms with Gasteiger partial charge in [-0.25, -0.2) is 0 Å². The maximum absolute atomic E-state index is 5.48. The number of allylic oxidation sites excluding steroid dienone is 1. The van der Waals surface area contributed by atoms with Crippen molar-refractivity contribution < 1.29 is 4.74 Å². The first-order valence-electron chi connectivity index (χ1n) is 8.20. The highest BCUT2D eigenvalue weighted by atomic mass is 32.2. The molecule has 0 unspecified atom stereocenters. The van der Waals surface area contributed by atoms with Crippen molar-refractivity contribution in [1.29, 1.82) is 0 Å². The minimum atomic E-state index is 0.647. The van der Waals surface area contributed by atoms with Gasteiger partial charge in [-0.05, 0) is 36.1 Å². The van der Waals surface area contributed by atoms with Crippen molar-refractivity contribution in [3.63, 3.8) is 0 Å². The van der Waals surface area contributed by atoms with Gasteiger partial charge in [0.2, 0.25) is 0 Å². The molecule has 6 heteroatoms. The van der Waals surface area contributed by atoms with Crippen LogP contribution >= 0.6 is 23.5 Å². The number of benzene rings is 2. The number of hydrogen-bond donors (Lipinski definition) is 0. The van der Waals surface area contributed by atoms with Gasteiger partial charge in [0.1, 0.15) is 5.75 Å². The summed E-state index contributed by atoms with van der Waals surface area (Å²) in [7, 11) is 1.67. The van der Waals surface area contributed by atoms with Crippen LogP contribution in [-0.2, 0) is 12.3 Å². The Bertz CT molecular complexity index is 875. The number of hydrogen-bond acceptors (Lipinski definition) is 5. The first kappa shape index (κ1) is 18.6. The van der Waals surface area contributed by atoms with E-state index >= 15 is 0 Å². The third kappa shape index (κ3) is 4.14. The van der Waals surface area contributed by atoms with Crippen LogP contribution in [0.2, 0.25) is 0 Å². The zero-order valence-corrected chi connectivity index (χ0v) is 16.5. The Labute approximate surface area is 162 Å². The molecule has 1 heterocycles. The lowest BCUT2D eigenvalue weighted by Gasteiger charge is -2.10. The number of rotatable bonds is 8. The van der Waals surface area contributed by atoms with Crippen molar-refractivity contribution in [3.05, 3.63) is 66.7 Å². The lowest BCUT2D eigenvalue weighted by molar-refractivity contribution is 0.416. The molecule has 4 nitrogen and oxygen atoms in total. The van der Waals surface area contributed by atoms with Gasteiger partial charge >= 0.3 is 0 Å². The van der Waals surface area contributed by atoms with Crippen molar-refractivity contribution in [2.24, 2.45) is 0 Å². The molecular weight excluding hydrogens is 362 g/mol. The fourth-order valence-electron chi connectivity index (χ4n) is 2.59. The van der Waals surface area contributed by atoms with E-state index in [1.165, 1.54) is 10.5 Å². The first-order valence-corrected chi connectivity index (χ1v) is 10.4. The van der Waals surface area contributed by atoms with Crippen LogP contribution in [0.4, 0.5) is 0 Å². The third-order valence-electron chi connectivity index (χ3n) is 3.90. The molecule has 0 saturated carbocycles. The average molecular weight is 384 g/mol. The van der Waals surface area contributed by atoms with Gasteiger partial charge in [0, 0.05) is 17.2 Å². The molecule has 0 N–H and O–H groups in total. The molecule has 1 aromatic heterocycles. The average Bonchev–Trinajstić information content (AvgIpc) is 3.09. The molecule has 2 aromatic carbocycles. The van der Waals surface area contributed by atoms with Crippen molar-refractivity contribution in [1.82, 2.24) is 14.8 Å². The van der Waals surface area contributed by atoms with E-state index in [2.05, 4.69) is 51.9 Å². The van der Waals surface area contributed by atoms with Gasteiger partial charge in [-0.2, -0.15) is 0 Å². The van der Waals surface area contributed by atoms with Crippen LogP contribution in [0, 0.1) is 0 Å². The highest BCUT2D eigenvalue weighted by molar-refractivity contribution is 7.98. The van der Waals surface area contributed by atoms with E-state index in [0.29, 0.717) is 6.54 Å². The number of ether oxygens (including phenoxy) is 1. The molecule has 0 aliphatic rings. The summed E-state index contributed by atoms with van der Waals surface area (Å²) < 4.78 is 7.55. The Balaban J connectivity index is 1.85. The quantitative estimate of drug-likeness (QED) is 0.397. The molecule has 134 valence electrons. The molecule has 3 rings (SSSR count). The van der Waals surface area contributed by atoms with E-state index in [4.69, 9.17) is 4.74 Å². The summed E-state index contributed by atoms with van der Waals surface area (Å²) in [5.74, 6) is 2.42. The molecule has 0 atom stereocenters. The normalized spacial score (nSPS) is 10.7. The van der Waals surface area contributed by atoms with E-state index in [9.17, 15) is 0 Å². The van der Waals surface area contributed by atoms with Crippen LogP contribution in [0.1, 0.15) is 5.56 Å². The largest absolute Gasteiger partial charge is 0.496 e. The van der Waals surface area contributed by atoms with E-state index in [1.807, 2.05) is 30.3 Å². The Morgan fingerprint density at radius 3 is 2.58 bits per heavy atom. The molecule has 3 aromatic rings. The predicted octanol–water partition coefficient (Wildman–Crippen LogP) is 5.15.